The Morgan fingerprint density at radius 1 is 0.269 bits per heavy atom. The summed E-state index contributed by atoms with van der Waals surface area (Å²) >= 11 is 0. The second kappa shape index (κ2) is 66.1. The molecule has 0 aromatic carbocycles. The summed E-state index contributed by atoms with van der Waals surface area (Å²) in [5.74, 6) is -0.882. The first-order valence-electron chi connectivity index (χ1n) is 33.6. The third-order valence-electron chi connectivity index (χ3n) is 14.6. The summed E-state index contributed by atoms with van der Waals surface area (Å²) in [5, 5.41) is 0. The second-order valence-electron chi connectivity index (χ2n) is 22.3. The highest BCUT2D eigenvalue weighted by atomic mass is 16.6. The zero-order valence-corrected chi connectivity index (χ0v) is 51.7. The molecule has 0 fully saturated rings. The molecule has 0 aliphatic rings. The molecule has 0 N–H and O–H groups in total. The second-order valence-corrected chi connectivity index (χ2v) is 22.3. The number of hydrogen-bond donors (Lipinski definition) is 0. The van der Waals surface area contributed by atoms with Gasteiger partial charge >= 0.3 is 17.9 Å². The molecule has 0 rings (SSSR count). The van der Waals surface area contributed by atoms with Crippen LogP contribution in [0.3, 0.4) is 0 Å². The zero-order valence-electron chi connectivity index (χ0n) is 51.7. The van der Waals surface area contributed by atoms with Crippen molar-refractivity contribution in [1.29, 1.82) is 0 Å². The fourth-order valence-corrected chi connectivity index (χ4v) is 9.58. The van der Waals surface area contributed by atoms with Crippen LogP contribution in [0.1, 0.15) is 335 Å². The van der Waals surface area contributed by atoms with E-state index in [4.69, 9.17) is 14.2 Å². The molecule has 0 aromatic rings. The van der Waals surface area contributed by atoms with Crippen LogP contribution in [0, 0.1) is 0 Å². The van der Waals surface area contributed by atoms with Crippen LogP contribution >= 0.6 is 0 Å². The zero-order chi connectivity index (χ0) is 56.4. The van der Waals surface area contributed by atoms with E-state index in [0.29, 0.717) is 19.3 Å². The SMILES string of the molecule is CC/C=C\C/C=C\C/C=C\C/C=C\C/C=C\CCCCCCCCCCCCCCCCCCCC(=O)OCC(COC(=O)CCCCCCC/C=C\CCCCCC)OC(=O)CCCCCCC/C=C\CCCCCCC. The first-order valence-corrected chi connectivity index (χ1v) is 33.6. The summed E-state index contributed by atoms with van der Waals surface area (Å²) < 4.78 is 16.9. The van der Waals surface area contributed by atoms with E-state index in [0.717, 1.165) is 109 Å². The lowest BCUT2D eigenvalue weighted by Crippen LogP contribution is -2.30. The van der Waals surface area contributed by atoms with Crippen LogP contribution in [0.25, 0.3) is 0 Å². The number of ether oxygens (including phenoxy) is 3. The highest BCUT2D eigenvalue weighted by Gasteiger charge is 2.19. The van der Waals surface area contributed by atoms with E-state index in [9.17, 15) is 14.4 Å². The smallest absolute Gasteiger partial charge is 0.306 e. The molecule has 6 heteroatoms. The molecule has 78 heavy (non-hydrogen) atoms. The van der Waals surface area contributed by atoms with E-state index in [-0.39, 0.29) is 31.1 Å². The summed E-state index contributed by atoms with van der Waals surface area (Å²) in [6.45, 7) is 6.52. The number of unbranched alkanes of at least 4 members (excludes halogenated alkanes) is 36. The Morgan fingerprint density at radius 3 is 0.808 bits per heavy atom. The van der Waals surface area contributed by atoms with Crippen molar-refractivity contribution in [3.05, 3.63) is 85.1 Å². The Balaban J connectivity index is 4.14. The molecule has 0 aliphatic heterocycles. The van der Waals surface area contributed by atoms with Gasteiger partial charge in [-0.15, -0.1) is 0 Å². The molecule has 0 spiro atoms. The minimum absolute atomic E-state index is 0.0786. The van der Waals surface area contributed by atoms with Crippen LogP contribution < -0.4 is 0 Å². The average molecular weight is 1090 g/mol. The molecular formula is C72H126O6. The van der Waals surface area contributed by atoms with Crippen LogP contribution in [0.4, 0.5) is 0 Å². The quantitative estimate of drug-likeness (QED) is 0.0261. The number of hydrogen-bond acceptors (Lipinski definition) is 6. The molecule has 0 aliphatic carbocycles. The monoisotopic (exact) mass is 1090 g/mol. The minimum atomic E-state index is -0.782. The lowest BCUT2D eigenvalue weighted by Gasteiger charge is -2.18. The largest absolute Gasteiger partial charge is 0.462 e. The van der Waals surface area contributed by atoms with Crippen molar-refractivity contribution < 1.29 is 28.6 Å². The van der Waals surface area contributed by atoms with Crippen molar-refractivity contribution in [2.24, 2.45) is 0 Å². The Kier molecular flexibility index (Phi) is 63.2. The first-order chi connectivity index (χ1) is 38.5. The third-order valence-corrected chi connectivity index (χ3v) is 14.6. The van der Waals surface area contributed by atoms with Crippen molar-refractivity contribution in [1.82, 2.24) is 0 Å². The Bertz CT molecular complexity index is 1480. The maximum absolute atomic E-state index is 12.9. The van der Waals surface area contributed by atoms with Gasteiger partial charge in [0.1, 0.15) is 13.2 Å². The number of allylic oxidation sites excluding steroid dienone is 14. The van der Waals surface area contributed by atoms with E-state index in [1.54, 1.807) is 0 Å². The summed E-state index contributed by atoms with van der Waals surface area (Å²) in [7, 11) is 0. The van der Waals surface area contributed by atoms with Gasteiger partial charge in [0.25, 0.3) is 0 Å². The maximum atomic E-state index is 12.9. The van der Waals surface area contributed by atoms with E-state index < -0.39 is 6.10 Å². The number of carbonyl (C=O) groups is 3. The molecule has 0 bridgehead atoms. The highest BCUT2D eigenvalue weighted by molar-refractivity contribution is 5.71. The molecule has 0 radical (unpaired) electrons. The molecule has 0 saturated carbocycles. The van der Waals surface area contributed by atoms with E-state index in [1.165, 1.54) is 186 Å². The topological polar surface area (TPSA) is 78.9 Å². The van der Waals surface area contributed by atoms with Gasteiger partial charge in [-0.2, -0.15) is 0 Å². The van der Waals surface area contributed by atoms with Gasteiger partial charge in [0.2, 0.25) is 0 Å². The predicted molar refractivity (Wildman–Crippen MR) is 339 cm³/mol. The van der Waals surface area contributed by atoms with Crippen molar-refractivity contribution in [3.63, 3.8) is 0 Å². The van der Waals surface area contributed by atoms with Crippen molar-refractivity contribution >= 4 is 17.9 Å². The highest BCUT2D eigenvalue weighted by Crippen LogP contribution is 2.17. The summed E-state index contributed by atoms with van der Waals surface area (Å²) in [6.07, 6.45) is 87.5. The fourth-order valence-electron chi connectivity index (χ4n) is 9.58. The summed E-state index contributed by atoms with van der Waals surface area (Å²) in [6, 6.07) is 0. The molecule has 1 atom stereocenters. The van der Waals surface area contributed by atoms with Crippen molar-refractivity contribution in [2.45, 2.75) is 341 Å². The van der Waals surface area contributed by atoms with Gasteiger partial charge in [-0.1, -0.05) is 286 Å². The van der Waals surface area contributed by atoms with E-state index in [1.807, 2.05) is 0 Å². The molecule has 0 saturated heterocycles. The van der Waals surface area contributed by atoms with Crippen LogP contribution in [0.2, 0.25) is 0 Å². The Morgan fingerprint density at radius 2 is 0.500 bits per heavy atom. The van der Waals surface area contributed by atoms with Gasteiger partial charge in [-0.25, -0.2) is 0 Å². The molecule has 6 nitrogen and oxygen atoms in total. The Labute approximate surface area is 484 Å². The van der Waals surface area contributed by atoms with Crippen molar-refractivity contribution in [2.75, 3.05) is 13.2 Å². The maximum Gasteiger partial charge on any atom is 0.306 e. The minimum Gasteiger partial charge on any atom is -0.462 e. The van der Waals surface area contributed by atoms with E-state index in [2.05, 4.69) is 106 Å². The number of carbonyl (C=O) groups excluding carboxylic acids is 3. The van der Waals surface area contributed by atoms with Gasteiger partial charge in [-0.05, 0) is 116 Å². The van der Waals surface area contributed by atoms with Crippen molar-refractivity contribution in [3.8, 4) is 0 Å². The van der Waals surface area contributed by atoms with Gasteiger partial charge in [0.05, 0.1) is 0 Å². The Hall–Kier alpha value is -3.41. The predicted octanol–water partition coefficient (Wildman–Crippen LogP) is 23.1. The molecule has 0 heterocycles. The summed E-state index contributed by atoms with van der Waals surface area (Å²) in [5.41, 5.74) is 0. The molecule has 1 unspecified atom stereocenters. The van der Waals surface area contributed by atoms with Crippen LogP contribution in [-0.2, 0) is 28.6 Å². The standard InChI is InChI=1S/C72H126O6/c1-4-7-10-13-16-19-22-25-27-28-29-30-31-32-33-34-35-36-37-38-39-40-41-42-43-44-45-48-50-53-56-59-62-65-71(74)77-68-69(67-76-70(73)64-61-58-55-52-49-46-24-21-18-15-12-9-6-3)78-72(75)66-63-60-57-54-51-47-26-23-20-17-14-11-8-5-2/h7,10,16,19,21,23-27,29-30,32-33,69H,4-6,8-9,11-15,17-18,20,22,28,31,34-68H2,1-3H3/b10-7-,19-16-,24-21-,26-23-,27-25-,30-29-,33-32-. The van der Waals surface area contributed by atoms with Crippen LogP contribution in [0.15, 0.2) is 85.1 Å². The van der Waals surface area contributed by atoms with Crippen LogP contribution in [0.5, 0.6) is 0 Å². The van der Waals surface area contributed by atoms with Gasteiger partial charge < -0.3 is 14.2 Å². The van der Waals surface area contributed by atoms with E-state index >= 15 is 0 Å². The van der Waals surface area contributed by atoms with Gasteiger partial charge in [0.15, 0.2) is 6.10 Å². The molecule has 450 valence electrons. The number of esters is 3. The fraction of sp³-hybridized carbons (Fsp3) is 0.764. The van der Waals surface area contributed by atoms with Gasteiger partial charge in [0, 0.05) is 19.3 Å². The van der Waals surface area contributed by atoms with Gasteiger partial charge in [-0.3, -0.25) is 14.4 Å². The third kappa shape index (κ3) is 63.4. The van der Waals surface area contributed by atoms with Crippen LogP contribution in [-0.4, -0.2) is 37.2 Å². The molecule has 0 amide bonds. The molecule has 0 aromatic heterocycles. The summed E-state index contributed by atoms with van der Waals surface area (Å²) in [4.78, 5) is 38.3. The first kappa shape index (κ1) is 74.6. The normalized spacial score (nSPS) is 12.6. The number of rotatable bonds is 61. The average Bonchev–Trinajstić information content (AvgIpc) is 3.44. The lowest BCUT2D eigenvalue weighted by molar-refractivity contribution is -0.167. The molecular weight excluding hydrogens is 961 g/mol. The lowest BCUT2D eigenvalue weighted by atomic mass is 10.0.